The van der Waals surface area contributed by atoms with Gasteiger partial charge in [0.2, 0.25) is 5.91 Å². The standard InChI is InChI=1S/C16H15NO3S/c18-15(9-11-6-8-21-10-11)17-7-5-13(16(19)20)12-3-1-2-4-14(12)17/h1-4,6,8,10,13H,5,7,9H2,(H,19,20). The highest BCUT2D eigenvalue weighted by Gasteiger charge is 2.32. The number of hydrogen-bond acceptors (Lipinski definition) is 3. The lowest BCUT2D eigenvalue weighted by molar-refractivity contribution is -0.139. The molecule has 1 atom stereocenters. The van der Waals surface area contributed by atoms with E-state index in [1.165, 1.54) is 0 Å². The van der Waals surface area contributed by atoms with Gasteiger partial charge in [0, 0.05) is 12.2 Å². The SMILES string of the molecule is O=C(O)C1CCN(C(=O)Cc2ccsc2)c2ccccc21. The molecule has 1 amide bonds. The van der Waals surface area contributed by atoms with Crippen molar-refractivity contribution in [3.8, 4) is 0 Å². The Morgan fingerprint density at radius 2 is 2.10 bits per heavy atom. The molecule has 2 heterocycles. The van der Waals surface area contributed by atoms with Crippen LogP contribution in [0.15, 0.2) is 41.1 Å². The molecule has 21 heavy (non-hydrogen) atoms. The number of carbonyl (C=O) groups is 2. The molecule has 0 saturated carbocycles. The number of carboxylic acid groups (broad SMARTS) is 1. The Hall–Kier alpha value is -2.14. The van der Waals surface area contributed by atoms with Crippen LogP contribution in [-0.2, 0) is 16.0 Å². The number of rotatable bonds is 3. The molecule has 108 valence electrons. The van der Waals surface area contributed by atoms with E-state index < -0.39 is 11.9 Å². The highest BCUT2D eigenvalue weighted by Crippen LogP contribution is 2.35. The van der Waals surface area contributed by atoms with Crippen LogP contribution in [0.4, 0.5) is 5.69 Å². The average molecular weight is 301 g/mol. The summed E-state index contributed by atoms with van der Waals surface area (Å²) in [6.07, 6.45) is 0.817. The third-order valence-electron chi connectivity index (χ3n) is 3.78. The lowest BCUT2D eigenvalue weighted by Crippen LogP contribution is -2.39. The summed E-state index contributed by atoms with van der Waals surface area (Å²) in [5.74, 6) is -1.33. The molecule has 1 aromatic heterocycles. The van der Waals surface area contributed by atoms with Gasteiger partial charge in [-0.25, -0.2) is 0 Å². The fraction of sp³-hybridized carbons (Fsp3) is 0.250. The normalized spacial score (nSPS) is 17.3. The molecule has 0 radical (unpaired) electrons. The molecule has 5 heteroatoms. The van der Waals surface area contributed by atoms with Crippen LogP contribution < -0.4 is 4.90 Å². The number of carboxylic acids is 1. The highest BCUT2D eigenvalue weighted by atomic mass is 32.1. The number of anilines is 1. The van der Waals surface area contributed by atoms with E-state index in [0.717, 1.165) is 16.8 Å². The molecule has 0 aliphatic carbocycles. The molecule has 0 spiro atoms. The van der Waals surface area contributed by atoms with E-state index in [4.69, 9.17) is 0 Å². The summed E-state index contributed by atoms with van der Waals surface area (Å²) < 4.78 is 0. The third kappa shape index (κ3) is 2.69. The largest absolute Gasteiger partial charge is 0.481 e. The second-order valence-electron chi connectivity index (χ2n) is 5.09. The van der Waals surface area contributed by atoms with Gasteiger partial charge >= 0.3 is 5.97 Å². The third-order valence-corrected chi connectivity index (χ3v) is 4.51. The topological polar surface area (TPSA) is 57.6 Å². The summed E-state index contributed by atoms with van der Waals surface area (Å²) in [7, 11) is 0. The van der Waals surface area contributed by atoms with Crippen molar-refractivity contribution in [3.05, 3.63) is 52.2 Å². The summed E-state index contributed by atoms with van der Waals surface area (Å²) >= 11 is 1.57. The van der Waals surface area contributed by atoms with E-state index in [2.05, 4.69) is 0 Å². The van der Waals surface area contributed by atoms with Crippen molar-refractivity contribution in [2.24, 2.45) is 0 Å². The van der Waals surface area contributed by atoms with Crippen molar-refractivity contribution < 1.29 is 14.7 Å². The number of thiophene rings is 1. The van der Waals surface area contributed by atoms with E-state index in [0.29, 0.717) is 19.4 Å². The van der Waals surface area contributed by atoms with E-state index in [1.54, 1.807) is 22.3 Å². The Bertz CT molecular complexity index is 666. The summed E-state index contributed by atoms with van der Waals surface area (Å²) in [5.41, 5.74) is 2.47. The molecular formula is C16H15NO3S. The van der Waals surface area contributed by atoms with Gasteiger partial charge in [0.25, 0.3) is 0 Å². The molecule has 3 rings (SSSR count). The molecule has 0 saturated heterocycles. The summed E-state index contributed by atoms with van der Waals surface area (Å²) in [5, 5.41) is 13.2. The van der Waals surface area contributed by atoms with Gasteiger partial charge in [-0.3, -0.25) is 9.59 Å². The van der Waals surface area contributed by atoms with Gasteiger partial charge in [0.15, 0.2) is 0 Å². The Morgan fingerprint density at radius 1 is 1.29 bits per heavy atom. The molecule has 2 aromatic rings. The maximum Gasteiger partial charge on any atom is 0.311 e. The molecule has 0 bridgehead atoms. The predicted molar refractivity (Wildman–Crippen MR) is 81.8 cm³/mol. The predicted octanol–water partition coefficient (Wildman–Crippen LogP) is 2.90. The average Bonchev–Trinajstić information content (AvgIpc) is 2.98. The van der Waals surface area contributed by atoms with Crippen LogP contribution in [0.25, 0.3) is 0 Å². The number of nitrogens with zero attached hydrogens (tertiary/aromatic N) is 1. The zero-order chi connectivity index (χ0) is 14.8. The first-order chi connectivity index (χ1) is 10.2. The minimum Gasteiger partial charge on any atom is -0.481 e. The summed E-state index contributed by atoms with van der Waals surface area (Å²) in [6, 6.07) is 9.24. The number of fused-ring (bicyclic) bond motifs is 1. The smallest absolute Gasteiger partial charge is 0.311 e. The molecule has 4 nitrogen and oxygen atoms in total. The van der Waals surface area contributed by atoms with E-state index >= 15 is 0 Å². The van der Waals surface area contributed by atoms with Gasteiger partial charge in [-0.15, -0.1) is 0 Å². The van der Waals surface area contributed by atoms with Crippen LogP contribution in [-0.4, -0.2) is 23.5 Å². The van der Waals surface area contributed by atoms with Gasteiger partial charge in [-0.1, -0.05) is 18.2 Å². The number of benzene rings is 1. The second kappa shape index (κ2) is 5.69. The molecule has 1 aromatic carbocycles. The Morgan fingerprint density at radius 3 is 2.81 bits per heavy atom. The molecule has 1 aliphatic heterocycles. The first kappa shape index (κ1) is 13.8. The summed E-state index contributed by atoms with van der Waals surface area (Å²) in [6.45, 7) is 0.455. The fourth-order valence-corrected chi connectivity index (χ4v) is 3.41. The van der Waals surface area contributed by atoms with Gasteiger partial charge in [0.1, 0.15) is 0 Å². The van der Waals surface area contributed by atoms with E-state index in [-0.39, 0.29) is 5.91 Å². The number of hydrogen-bond donors (Lipinski definition) is 1. The van der Waals surface area contributed by atoms with E-state index in [9.17, 15) is 14.7 Å². The van der Waals surface area contributed by atoms with Crippen LogP contribution in [0, 0.1) is 0 Å². The molecule has 1 aliphatic rings. The van der Waals surface area contributed by atoms with E-state index in [1.807, 2.05) is 35.0 Å². The van der Waals surface area contributed by atoms with Crippen LogP contribution in [0.2, 0.25) is 0 Å². The van der Waals surface area contributed by atoms with Crippen LogP contribution in [0.1, 0.15) is 23.5 Å². The van der Waals surface area contributed by atoms with Gasteiger partial charge in [0.05, 0.1) is 12.3 Å². The van der Waals surface area contributed by atoms with Crippen molar-refractivity contribution >= 4 is 28.9 Å². The summed E-state index contributed by atoms with van der Waals surface area (Å²) in [4.78, 5) is 25.6. The molecule has 1 N–H and O–H groups in total. The Balaban J connectivity index is 1.89. The fourth-order valence-electron chi connectivity index (χ4n) is 2.74. The quantitative estimate of drug-likeness (QED) is 0.948. The van der Waals surface area contributed by atoms with Crippen molar-refractivity contribution in [1.82, 2.24) is 0 Å². The van der Waals surface area contributed by atoms with Crippen molar-refractivity contribution in [1.29, 1.82) is 0 Å². The number of carbonyl (C=O) groups excluding carboxylic acids is 1. The first-order valence-electron chi connectivity index (χ1n) is 6.80. The zero-order valence-corrected chi connectivity index (χ0v) is 12.2. The molecular weight excluding hydrogens is 286 g/mol. The second-order valence-corrected chi connectivity index (χ2v) is 5.87. The number of amides is 1. The van der Waals surface area contributed by atoms with Gasteiger partial charge < -0.3 is 10.0 Å². The van der Waals surface area contributed by atoms with Crippen molar-refractivity contribution in [2.75, 3.05) is 11.4 Å². The zero-order valence-electron chi connectivity index (χ0n) is 11.4. The maximum absolute atomic E-state index is 12.5. The Kier molecular flexibility index (Phi) is 3.75. The Labute approximate surface area is 126 Å². The molecule has 1 unspecified atom stereocenters. The van der Waals surface area contributed by atoms with Gasteiger partial charge in [-0.2, -0.15) is 11.3 Å². The minimum absolute atomic E-state index is 0.0182. The number of para-hydroxylation sites is 1. The number of aliphatic carboxylic acids is 1. The first-order valence-corrected chi connectivity index (χ1v) is 7.74. The van der Waals surface area contributed by atoms with Crippen molar-refractivity contribution in [2.45, 2.75) is 18.8 Å². The molecule has 0 fully saturated rings. The van der Waals surface area contributed by atoms with Crippen LogP contribution in [0.5, 0.6) is 0 Å². The van der Waals surface area contributed by atoms with Crippen molar-refractivity contribution in [3.63, 3.8) is 0 Å². The van der Waals surface area contributed by atoms with Gasteiger partial charge in [-0.05, 0) is 40.4 Å². The highest BCUT2D eigenvalue weighted by molar-refractivity contribution is 7.08. The lowest BCUT2D eigenvalue weighted by atomic mass is 9.89. The monoisotopic (exact) mass is 301 g/mol. The lowest BCUT2D eigenvalue weighted by Gasteiger charge is -2.32. The van der Waals surface area contributed by atoms with Crippen LogP contribution >= 0.6 is 11.3 Å². The maximum atomic E-state index is 12.5. The van der Waals surface area contributed by atoms with Crippen LogP contribution in [0.3, 0.4) is 0 Å². The minimum atomic E-state index is -0.826.